The van der Waals surface area contributed by atoms with Crippen LogP contribution in [0.15, 0.2) is 0 Å². The van der Waals surface area contributed by atoms with Crippen LogP contribution in [0.25, 0.3) is 0 Å². The summed E-state index contributed by atoms with van der Waals surface area (Å²) in [5.41, 5.74) is -0.325. The minimum absolute atomic E-state index is 0.0135. The molecule has 0 aromatic heterocycles. The molecule has 0 atom stereocenters. The fraction of sp³-hybridized carbons (Fsp3) is 1.00. The van der Waals surface area contributed by atoms with Gasteiger partial charge in [0.25, 0.3) is 0 Å². The maximum atomic E-state index is 11.5. The molecule has 0 spiro atoms. The van der Waals surface area contributed by atoms with Crippen molar-refractivity contribution in [2.24, 2.45) is 5.92 Å². The van der Waals surface area contributed by atoms with Crippen molar-refractivity contribution in [1.29, 1.82) is 0 Å². The molecule has 0 aromatic rings. The van der Waals surface area contributed by atoms with Gasteiger partial charge in [-0.1, -0.05) is 0 Å². The molecule has 0 amide bonds. The van der Waals surface area contributed by atoms with E-state index in [1.165, 1.54) is 0 Å². The lowest BCUT2D eigenvalue weighted by molar-refractivity contribution is 0.294. The first-order valence-corrected chi connectivity index (χ1v) is 6.65. The normalized spacial score (nSPS) is 18.5. The van der Waals surface area contributed by atoms with Gasteiger partial charge >= 0.3 is 0 Å². The summed E-state index contributed by atoms with van der Waals surface area (Å²) in [5.74, 6) is 0.492. The van der Waals surface area contributed by atoms with Gasteiger partial charge in [-0.25, -0.2) is 13.1 Å². The van der Waals surface area contributed by atoms with Gasteiger partial charge in [0, 0.05) is 12.1 Å². The lowest BCUT2D eigenvalue weighted by atomic mass is 10.0. The van der Waals surface area contributed by atoms with Gasteiger partial charge in [-0.05, 0) is 39.0 Å². The highest BCUT2D eigenvalue weighted by atomic mass is 32.2. The Labute approximate surface area is 85.8 Å². The molecule has 0 aliphatic heterocycles. The summed E-state index contributed by atoms with van der Waals surface area (Å²) >= 11 is 0. The average Bonchev–Trinajstić information content (AvgIpc) is 2.80. The Hall–Kier alpha value is -0.130. The summed E-state index contributed by atoms with van der Waals surface area (Å²) in [6.45, 7) is 3.76. The molecular formula is C9H19NO3S. The van der Waals surface area contributed by atoms with E-state index in [2.05, 4.69) is 4.72 Å². The summed E-state index contributed by atoms with van der Waals surface area (Å²) in [7, 11) is -3.22. The van der Waals surface area contributed by atoms with Gasteiger partial charge in [0.2, 0.25) is 10.0 Å². The van der Waals surface area contributed by atoms with Gasteiger partial charge in [-0.15, -0.1) is 0 Å². The number of aliphatic hydroxyl groups is 1. The molecule has 1 fully saturated rings. The Morgan fingerprint density at radius 3 is 2.43 bits per heavy atom. The monoisotopic (exact) mass is 221 g/mol. The Morgan fingerprint density at radius 2 is 2.00 bits per heavy atom. The van der Waals surface area contributed by atoms with Crippen LogP contribution in [0.2, 0.25) is 0 Å². The zero-order valence-electron chi connectivity index (χ0n) is 8.78. The van der Waals surface area contributed by atoms with Crippen molar-refractivity contribution in [2.45, 2.75) is 38.6 Å². The minimum Gasteiger partial charge on any atom is -0.396 e. The predicted octanol–water partition coefficient (Wildman–Crippen LogP) is 0.477. The molecule has 0 bridgehead atoms. The Bertz CT molecular complexity index is 280. The molecule has 5 heteroatoms. The summed E-state index contributed by atoms with van der Waals surface area (Å²) in [6, 6.07) is 0. The maximum Gasteiger partial charge on any atom is 0.212 e. The molecule has 84 valence electrons. The van der Waals surface area contributed by atoms with E-state index in [9.17, 15) is 8.42 Å². The third-order valence-electron chi connectivity index (χ3n) is 2.59. The smallest absolute Gasteiger partial charge is 0.212 e. The van der Waals surface area contributed by atoms with E-state index in [0.29, 0.717) is 12.3 Å². The molecule has 14 heavy (non-hydrogen) atoms. The number of nitrogens with one attached hydrogen (secondary N) is 1. The van der Waals surface area contributed by atoms with Crippen molar-refractivity contribution < 1.29 is 13.5 Å². The minimum atomic E-state index is -3.22. The zero-order chi connectivity index (χ0) is 10.8. The quantitative estimate of drug-likeness (QED) is 0.685. The van der Waals surface area contributed by atoms with Crippen LogP contribution in [0.5, 0.6) is 0 Å². The fourth-order valence-corrected chi connectivity index (χ4v) is 3.17. The van der Waals surface area contributed by atoms with E-state index >= 15 is 0 Å². The lowest BCUT2D eigenvalue weighted by Crippen LogP contribution is -2.46. The molecule has 1 saturated carbocycles. The summed E-state index contributed by atoms with van der Waals surface area (Å²) in [4.78, 5) is 0. The van der Waals surface area contributed by atoms with Crippen molar-refractivity contribution in [1.82, 2.24) is 4.72 Å². The van der Waals surface area contributed by atoms with E-state index in [0.717, 1.165) is 12.8 Å². The first-order chi connectivity index (χ1) is 6.37. The van der Waals surface area contributed by atoms with Gasteiger partial charge in [-0.2, -0.15) is 0 Å². The Kier molecular flexibility index (Phi) is 3.55. The largest absolute Gasteiger partial charge is 0.396 e. The van der Waals surface area contributed by atoms with Crippen LogP contribution in [-0.4, -0.2) is 31.4 Å². The number of hydrogen-bond acceptors (Lipinski definition) is 3. The molecule has 0 saturated heterocycles. The molecule has 0 aromatic carbocycles. The van der Waals surface area contributed by atoms with Crippen LogP contribution in [-0.2, 0) is 10.0 Å². The topological polar surface area (TPSA) is 66.4 Å². The summed E-state index contributed by atoms with van der Waals surface area (Å²) < 4.78 is 25.7. The van der Waals surface area contributed by atoms with Crippen LogP contribution in [0, 0.1) is 5.92 Å². The first-order valence-electron chi connectivity index (χ1n) is 5.00. The second-order valence-electron chi connectivity index (χ2n) is 4.49. The molecule has 2 N–H and O–H groups in total. The second-order valence-corrected chi connectivity index (χ2v) is 6.34. The number of rotatable bonds is 6. The van der Waals surface area contributed by atoms with Gasteiger partial charge in [-0.3, -0.25) is 0 Å². The van der Waals surface area contributed by atoms with Crippen molar-refractivity contribution in [3.05, 3.63) is 0 Å². The van der Waals surface area contributed by atoms with Gasteiger partial charge in [0.15, 0.2) is 0 Å². The van der Waals surface area contributed by atoms with Crippen LogP contribution in [0.1, 0.15) is 33.1 Å². The first kappa shape index (κ1) is 11.9. The third kappa shape index (κ3) is 3.55. The van der Waals surface area contributed by atoms with Gasteiger partial charge in [0.1, 0.15) is 0 Å². The fourth-order valence-electron chi connectivity index (χ4n) is 1.59. The van der Waals surface area contributed by atoms with E-state index in [4.69, 9.17) is 5.11 Å². The van der Waals surface area contributed by atoms with Crippen LogP contribution >= 0.6 is 0 Å². The van der Waals surface area contributed by atoms with E-state index in [-0.39, 0.29) is 17.9 Å². The average molecular weight is 221 g/mol. The molecule has 0 radical (unpaired) electrons. The summed E-state index contributed by atoms with van der Waals surface area (Å²) in [5, 5.41) is 8.56. The molecular weight excluding hydrogens is 202 g/mol. The number of aliphatic hydroxyl groups excluding tert-OH is 1. The van der Waals surface area contributed by atoms with E-state index in [1.54, 1.807) is 0 Å². The molecule has 1 aliphatic carbocycles. The van der Waals surface area contributed by atoms with Gasteiger partial charge in [0.05, 0.1) is 5.75 Å². The lowest BCUT2D eigenvalue weighted by Gasteiger charge is -2.25. The Balaban J connectivity index is 2.48. The molecule has 0 heterocycles. The highest BCUT2D eigenvalue weighted by Crippen LogP contribution is 2.39. The number of hydrogen-bond donors (Lipinski definition) is 2. The Morgan fingerprint density at radius 1 is 1.43 bits per heavy atom. The van der Waals surface area contributed by atoms with Crippen LogP contribution in [0.4, 0.5) is 0 Å². The highest BCUT2D eigenvalue weighted by Gasteiger charge is 2.40. The molecule has 1 rings (SSSR count). The molecule has 1 aliphatic rings. The maximum absolute atomic E-state index is 11.5. The third-order valence-corrected chi connectivity index (χ3v) is 4.25. The number of sulfonamides is 1. The molecule has 4 nitrogen and oxygen atoms in total. The van der Waals surface area contributed by atoms with E-state index < -0.39 is 10.0 Å². The van der Waals surface area contributed by atoms with Crippen molar-refractivity contribution in [2.75, 3.05) is 12.4 Å². The van der Waals surface area contributed by atoms with Gasteiger partial charge < -0.3 is 5.11 Å². The molecule has 0 unspecified atom stereocenters. The van der Waals surface area contributed by atoms with E-state index in [1.807, 2.05) is 13.8 Å². The van der Waals surface area contributed by atoms with Crippen molar-refractivity contribution in [3.63, 3.8) is 0 Å². The van der Waals surface area contributed by atoms with Crippen molar-refractivity contribution >= 4 is 10.0 Å². The summed E-state index contributed by atoms with van der Waals surface area (Å²) in [6.07, 6.45) is 2.51. The standard InChI is InChI=1S/C9H19NO3S/c1-9(2,8-4-5-8)10-14(12,13)7-3-6-11/h8,10-11H,3-7H2,1-2H3. The predicted molar refractivity (Wildman–Crippen MR) is 55.4 cm³/mol. The second kappa shape index (κ2) is 4.16. The van der Waals surface area contributed by atoms with Crippen LogP contribution in [0.3, 0.4) is 0 Å². The highest BCUT2D eigenvalue weighted by molar-refractivity contribution is 7.89. The van der Waals surface area contributed by atoms with Crippen LogP contribution < -0.4 is 4.72 Å². The zero-order valence-corrected chi connectivity index (χ0v) is 9.60. The SMILES string of the molecule is CC(C)(NS(=O)(=O)CCCO)C1CC1. The van der Waals surface area contributed by atoms with Crippen molar-refractivity contribution in [3.8, 4) is 0 Å².